The number of nitrogens with zero attached hydrogens (tertiary/aromatic N) is 3. The molecular formula is C15H13ClN4O. The van der Waals surface area contributed by atoms with Gasteiger partial charge in [0.05, 0.1) is 0 Å². The molecule has 0 aliphatic rings. The molecule has 0 fully saturated rings. The number of nitrogens with one attached hydrogen (secondary N) is 1. The van der Waals surface area contributed by atoms with Crippen molar-refractivity contribution in [1.82, 2.24) is 20.3 Å². The predicted molar refractivity (Wildman–Crippen MR) is 81.4 cm³/mol. The molecule has 21 heavy (non-hydrogen) atoms. The average molecular weight is 301 g/mol. The number of fused-ring (bicyclic) bond motifs is 1. The first-order valence-electron chi connectivity index (χ1n) is 6.49. The lowest BCUT2D eigenvalue weighted by molar-refractivity contribution is 0.239. The second-order valence-corrected chi connectivity index (χ2v) is 5.16. The van der Waals surface area contributed by atoms with E-state index in [1.165, 1.54) is 4.68 Å². The van der Waals surface area contributed by atoms with E-state index in [0.717, 1.165) is 11.1 Å². The number of carbonyl (C=O) groups is 1. The fourth-order valence-electron chi connectivity index (χ4n) is 2.10. The fourth-order valence-corrected chi connectivity index (χ4v) is 2.26. The minimum absolute atomic E-state index is 0.331. The van der Waals surface area contributed by atoms with Crippen molar-refractivity contribution in [3.05, 3.63) is 58.6 Å². The molecular weight excluding hydrogens is 288 g/mol. The molecule has 0 aliphatic carbocycles. The van der Waals surface area contributed by atoms with Crippen LogP contribution in [0.3, 0.4) is 0 Å². The molecule has 2 aromatic carbocycles. The fraction of sp³-hybridized carbons (Fsp3) is 0.133. The molecule has 1 amide bonds. The Labute approximate surface area is 126 Å². The maximum Gasteiger partial charge on any atom is 0.344 e. The summed E-state index contributed by atoms with van der Waals surface area (Å²) in [5, 5.41) is 11.2. The standard InChI is InChI=1S/C15H13ClN4O/c1-10-4-2-3-5-11(10)9-17-15(21)20-14-8-12(16)6-7-13(14)18-19-20/h2-8H,9H2,1H3,(H,17,21). The van der Waals surface area contributed by atoms with Crippen LogP contribution in [-0.4, -0.2) is 21.0 Å². The summed E-state index contributed by atoms with van der Waals surface area (Å²) in [6.07, 6.45) is 0. The second kappa shape index (κ2) is 5.54. The first-order chi connectivity index (χ1) is 10.1. The minimum atomic E-state index is -0.331. The van der Waals surface area contributed by atoms with Crippen molar-refractivity contribution in [2.24, 2.45) is 0 Å². The highest BCUT2D eigenvalue weighted by atomic mass is 35.5. The smallest absolute Gasteiger partial charge is 0.332 e. The Balaban J connectivity index is 1.81. The number of aromatic nitrogens is 3. The second-order valence-electron chi connectivity index (χ2n) is 4.72. The third kappa shape index (κ3) is 2.73. The topological polar surface area (TPSA) is 59.8 Å². The molecule has 1 N–H and O–H groups in total. The van der Waals surface area contributed by atoms with Crippen molar-refractivity contribution in [3.8, 4) is 0 Å². The molecule has 3 rings (SSSR count). The Morgan fingerprint density at radius 2 is 2.10 bits per heavy atom. The van der Waals surface area contributed by atoms with Crippen molar-refractivity contribution in [2.45, 2.75) is 13.5 Å². The van der Waals surface area contributed by atoms with Gasteiger partial charge in [-0.2, -0.15) is 4.68 Å². The van der Waals surface area contributed by atoms with Gasteiger partial charge in [-0.3, -0.25) is 0 Å². The van der Waals surface area contributed by atoms with E-state index in [4.69, 9.17) is 11.6 Å². The maximum atomic E-state index is 12.2. The number of hydrogen-bond acceptors (Lipinski definition) is 3. The van der Waals surface area contributed by atoms with E-state index in [0.29, 0.717) is 22.6 Å². The molecule has 106 valence electrons. The summed E-state index contributed by atoms with van der Waals surface area (Å²) in [5.74, 6) is 0. The van der Waals surface area contributed by atoms with Crippen LogP contribution in [-0.2, 0) is 6.54 Å². The van der Waals surface area contributed by atoms with Gasteiger partial charge in [0.2, 0.25) is 0 Å². The van der Waals surface area contributed by atoms with Crippen LogP contribution in [0.25, 0.3) is 11.0 Å². The molecule has 0 saturated carbocycles. The van der Waals surface area contributed by atoms with Gasteiger partial charge in [0, 0.05) is 11.6 Å². The predicted octanol–water partition coefficient (Wildman–Crippen LogP) is 3.15. The van der Waals surface area contributed by atoms with Crippen LogP contribution in [0.2, 0.25) is 5.02 Å². The van der Waals surface area contributed by atoms with E-state index in [1.807, 2.05) is 31.2 Å². The molecule has 0 bridgehead atoms. The molecule has 3 aromatic rings. The molecule has 0 saturated heterocycles. The highest BCUT2D eigenvalue weighted by Crippen LogP contribution is 2.17. The number of rotatable bonds is 2. The first kappa shape index (κ1) is 13.6. The third-order valence-electron chi connectivity index (χ3n) is 3.29. The van der Waals surface area contributed by atoms with Crippen LogP contribution < -0.4 is 5.32 Å². The summed E-state index contributed by atoms with van der Waals surface area (Å²) >= 11 is 5.95. The summed E-state index contributed by atoms with van der Waals surface area (Å²) in [6.45, 7) is 2.44. The van der Waals surface area contributed by atoms with E-state index in [9.17, 15) is 4.79 Å². The van der Waals surface area contributed by atoms with Crippen molar-refractivity contribution in [3.63, 3.8) is 0 Å². The highest BCUT2D eigenvalue weighted by molar-refractivity contribution is 6.31. The van der Waals surface area contributed by atoms with Gasteiger partial charge in [-0.1, -0.05) is 41.1 Å². The zero-order chi connectivity index (χ0) is 14.8. The van der Waals surface area contributed by atoms with Gasteiger partial charge < -0.3 is 5.32 Å². The zero-order valence-electron chi connectivity index (χ0n) is 11.4. The highest BCUT2D eigenvalue weighted by Gasteiger charge is 2.12. The van der Waals surface area contributed by atoms with Crippen LogP contribution >= 0.6 is 11.6 Å². The third-order valence-corrected chi connectivity index (χ3v) is 3.53. The van der Waals surface area contributed by atoms with E-state index in [-0.39, 0.29) is 6.03 Å². The molecule has 0 radical (unpaired) electrons. The Morgan fingerprint density at radius 1 is 1.29 bits per heavy atom. The summed E-state index contributed by atoms with van der Waals surface area (Å²) < 4.78 is 1.22. The van der Waals surface area contributed by atoms with Crippen LogP contribution in [0.4, 0.5) is 4.79 Å². The molecule has 1 heterocycles. The summed E-state index contributed by atoms with van der Waals surface area (Å²) in [5.41, 5.74) is 3.41. The normalized spacial score (nSPS) is 10.8. The Bertz CT molecular complexity index is 812. The van der Waals surface area contributed by atoms with Gasteiger partial charge in [-0.15, -0.1) is 5.10 Å². The number of halogens is 1. The van der Waals surface area contributed by atoms with Crippen molar-refractivity contribution in [1.29, 1.82) is 0 Å². The summed E-state index contributed by atoms with van der Waals surface area (Å²) in [7, 11) is 0. The van der Waals surface area contributed by atoms with Gasteiger partial charge in [0.15, 0.2) is 0 Å². The van der Waals surface area contributed by atoms with Gasteiger partial charge in [0.25, 0.3) is 0 Å². The number of benzene rings is 2. The Kier molecular flexibility index (Phi) is 3.58. The number of hydrogen-bond donors (Lipinski definition) is 1. The van der Waals surface area contributed by atoms with E-state index >= 15 is 0 Å². The van der Waals surface area contributed by atoms with Crippen LogP contribution in [0.15, 0.2) is 42.5 Å². The summed E-state index contributed by atoms with van der Waals surface area (Å²) in [4.78, 5) is 12.2. The quantitative estimate of drug-likeness (QED) is 0.791. The van der Waals surface area contributed by atoms with Crippen molar-refractivity contribution >= 4 is 28.7 Å². The van der Waals surface area contributed by atoms with E-state index < -0.39 is 0 Å². The molecule has 0 atom stereocenters. The van der Waals surface area contributed by atoms with Gasteiger partial charge in [-0.05, 0) is 36.2 Å². The maximum absolute atomic E-state index is 12.2. The lowest BCUT2D eigenvalue weighted by Gasteiger charge is -2.07. The largest absolute Gasteiger partial charge is 0.344 e. The molecule has 1 aromatic heterocycles. The molecule has 0 spiro atoms. The molecule has 0 unspecified atom stereocenters. The first-order valence-corrected chi connectivity index (χ1v) is 6.86. The van der Waals surface area contributed by atoms with Crippen molar-refractivity contribution < 1.29 is 4.79 Å². The number of carbonyl (C=O) groups excluding carboxylic acids is 1. The van der Waals surface area contributed by atoms with Gasteiger partial charge >= 0.3 is 6.03 Å². The van der Waals surface area contributed by atoms with E-state index in [1.54, 1.807) is 18.2 Å². The monoisotopic (exact) mass is 300 g/mol. The Hall–Kier alpha value is -2.40. The van der Waals surface area contributed by atoms with Crippen LogP contribution in [0.5, 0.6) is 0 Å². The SMILES string of the molecule is Cc1ccccc1CNC(=O)n1nnc2ccc(Cl)cc21. The van der Waals surface area contributed by atoms with Crippen molar-refractivity contribution in [2.75, 3.05) is 0 Å². The van der Waals surface area contributed by atoms with Crippen LogP contribution in [0.1, 0.15) is 11.1 Å². The Morgan fingerprint density at radius 3 is 2.90 bits per heavy atom. The number of aryl methyl sites for hydroxylation is 1. The summed E-state index contributed by atoms with van der Waals surface area (Å²) in [6, 6.07) is 12.7. The zero-order valence-corrected chi connectivity index (χ0v) is 12.1. The van der Waals surface area contributed by atoms with Gasteiger partial charge in [0.1, 0.15) is 11.0 Å². The lowest BCUT2D eigenvalue weighted by Crippen LogP contribution is -2.29. The molecule has 5 nitrogen and oxygen atoms in total. The molecule has 6 heteroatoms. The van der Waals surface area contributed by atoms with Gasteiger partial charge in [-0.25, -0.2) is 4.79 Å². The molecule has 0 aliphatic heterocycles. The average Bonchev–Trinajstić information content (AvgIpc) is 2.89. The number of amides is 1. The van der Waals surface area contributed by atoms with E-state index in [2.05, 4.69) is 15.6 Å². The van der Waals surface area contributed by atoms with Crippen LogP contribution in [0, 0.1) is 6.92 Å². The lowest BCUT2D eigenvalue weighted by atomic mass is 10.1. The minimum Gasteiger partial charge on any atom is -0.332 e.